The molecule has 0 unspecified atom stereocenters. The molecule has 5 nitrogen and oxygen atoms in total. The van der Waals surface area contributed by atoms with E-state index in [2.05, 4.69) is 10.3 Å². The minimum Gasteiger partial charge on any atom is -0.360 e. The lowest BCUT2D eigenvalue weighted by Gasteiger charge is -2.10. The number of amides is 1. The van der Waals surface area contributed by atoms with Crippen molar-refractivity contribution in [2.45, 2.75) is 6.92 Å². The van der Waals surface area contributed by atoms with Gasteiger partial charge in [0.05, 0.1) is 4.88 Å². The third-order valence-electron chi connectivity index (χ3n) is 4.43. The number of hydrogen-bond donors (Lipinski definition) is 2. The number of para-hydroxylation sites is 2. The third-order valence-corrected chi connectivity index (χ3v) is 5.65. The zero-order chi connectivity index (χ0) is 19.7. The quantitative estimate of drug-likeness (QED) is 0.497. The summed E-state index contributed by atoms with van der Waals surface area (Å²) < 4.78 is 0. The predicted molar refractivity (Wildman–Crippen MR) is 112 cm³/mol. The zero-order valence-corrected chi connectivity index (χ0v) is 15.8. The van der Waals surface area contributed by atoms with Gasteiger partial charge in [0.2, 0.25) is 5.43 Å². The van der Waals surface area contributed by atoms with Crippen molar-refractivity contribution in [2.75, 3.05) is 5.32 Å². The van der Waals surface area contributed by atoms with Gasteiger partial charge in [0.25, 0.3) is 5.91 Å². The summed E-state index contributed by atoms with van der Waals surface area (Å²) in [5, 5.41) is 3.30. The van der Waals surface area contributed by atoms with Gasteiger partial charge in [-0.3, -0.25) is 14.4 Å². The Kier molecular flexibility index (Phi) is 4.63. The standard InChI is InChI=1S/C22H16N2O3S/c1-13(25)19-10-11-20(28-19)14-6-2-5-9-18(14)24-22(27)16-12-23-17-8-4-3-7-15(17)21(16)26/h2-12H,1H3,(H,23,26)(H,24,27). The van der Waals surface area contributed by atoms with E-state index >= 15 is 0 Å². The molecule has 28 heavy (non-hydrogen) atoms. The van der Waals surface area contributed by atoms with Crippen molar-refractivity contribution in [1.29, 1.82) is 0 Å². The number of anilines is 1. The monoisotopic (exact) mass is 388 g/mol. The smallest absolute Gasteiger partial charge is 0.261 e. The van der Waals surface area contributed by atoms with Crippen molar-refractivity contribution in [2.24, 2.45) is 0 Å². The van der Waals surface area contributed by atoms with Gasteiger partial charge in [-0.1, -0.05) is 30.3 Å². The number of carbonyl (C=O) groups excluding carboxylic acids is 2. The second kappa shape index (κ2) is 7.25. The largest absolute Gasteiger partial charge is 0.360 e. The number of ketones is 1. The first-order valence-electron chi connectivity index (χ1n) is 8.66. The number of hydrogen-bond acceptors (Lipinski definition) is 4. The van der Waals surface area contributed by atoms with Gasteiger partial charge >= 0.3 is 0 Å². The first-order chi connectivity index (χ1) is 13.5. The number of pyridine rings is 1. The fourth-order valence-corrected chi connectivity index (χ4v) is 3.95. The molecule has 0 bridgehead atoms. The normalized spacial score (nSPS) is 10.8. The summed E-state index contributed by atoms with van der Waals surface area (Å²) in [6, 6.07) is 18.0. The van der Waals surface area contributed by atoms with Crippen LogP contribution in [0.25, 0.3) is 21.3 Å². The number of aromatic nitrogens is 1. The highest BCUT2D eigenvalue weighted by Gasteiger charge is 2.16. The molecule has 0 saturated heterocycles. The van der Waals surface area contributed by atoms with Crippen LogP contribution in [0.2, 0.25) is 0 Å². The van der Waals surface area contributed by atoms with Gasteiger partial charge < -0.3 is 10.3 Å². The second-order valence-corrected chi connectivity index (χ2v) is 7.38. The Hall–Kier alpha value is -3.51. The minimum absolute atomic E-state index is 0.000430. The fraction of sp³-hybridized carbons (Fsp3) is 0.0455. The van der Waals surface area contributed by atoms with Gasteiger partial charge in [0, 0.05) is 33.2 Å². The maximum Gasteiger partial charge on any atom is 0.261 e. The first-order valence-corrected chi connectivity index (χ1v) is 9.48. The summed E-state index contributed by atoms with van der Waals surface area (Å²) in [7, 11) is 0. The molecule has 0 atom stereocenters. The maximum absolute atomic E-state index is 12.8. The third kappa shape index (κ3) is 3.25. The number of Topliss-reactive ketones (excluding diaryl/α,β-unsaturated/α-hetero) is 1. The molecular formula is C22H16N2O3S. The molecule has 4 aromatic rings. The minimum atomic E-state index is -0.484. The summed E-state index contributed by atoms with van der Waals surface area (Å²) in [5.74, 6) is -0.483. The Labute approximate surface area is 164 Å². The molecule has 6 heteroatoms. The number of nitrogens with one attached hydrogen (secondary N) is 2. The van der Waals surface area contributed by atoms with Crippen molar-refractivity contribution >= 4 is 39.6 Å². The Bertz CT molecular complexity index is 1270. The van der Waals surface area contributed by atoms with Crippen LogP contribution in [0.4, 0.5) is 5.69 Å². The van der Waals surface area contributed by atoms with E-state index in [1.165, 1.54) is 24.5 Å². The Morgan fingerprint density at radius 2 is 1.71 bits per heavy atom. The maximum atomic E-state index is 12.8. The topological polar surface area (TPSA) is 79.0 Å². The molecule has 0 fully saturated rings. The average Bonchev–Trinajstić information content (AvgIpc) is 3.19. The van der Waals surface area contributed by atoms with E-state index in [9.17, 15) is 14.4 Å². The highest BCUT2D eigenvalue weighted by atomic mass is 32.1. The second-order valence-electron chi connectivity index (χ2n) is 6.30. The molecule has 0 saturated carbocycles. The Balaban J connectivity index is 1.70. The van der Waals surface area contributed by atoms with Gasteiger partial charge in [0.15, 0.2) is 5.78 Å². The number of rotatable bonds is 4. The SMILES string of the molecule is CC(=O)c1ccc(-c2ccccc2NC(=O)c2c[nH]c3ccccc3c2=O)s1. The van der Waals surface area contributed by atoms with Gasteiger partial charge in [-0.15, -0.1) is 11.3 Å². The van der Waals surface area contributed by atoms with Crippen LogP contribution < -0.4 is 10.7 Å². The highest BCUT2D eigenvalue weighted by Crippen LogP contribution is 2.33. The molecule has 0 aliphatic heterocycles. The molecule has 138 valence electrons. The lowest BCUT2D eigenvalue weighted by Crippen LogP contribution is -2.22. The zero-order valence-electron chi connectivity index (χ0n) is 15.0. The number of benzene rings is 2. The van der Waals surface area contributed by atoms with E-state index in [0.717, 1.165) is 10.4 Å². The van der Waals surface area contributed by atoms with Crippen LogP contribution in [0, 0.1) is 0 Å². The Morgan fingerprint density at radius 3 is 2.50 bits per heavy atom. The summed E-state index contributed by atoms with van der Waals surface area (Å²) in [6.07, 6.45) is 1.43. The van der Waals surface area contributed by atoms with Crippen molar-refractivity contribution in [1.82, 2.24) is 4.98 Å². The molecule has 0 aliphatic rings. The first kappa shape index (κ1) is 17.9. The van der Waals surface area contributed by atoms with Crippen LogP contribution in [-0.2, 0) is 0 Å². The molecule has 2 aromatic carbocycles. The van der Waals surface area contributed by atoms with Crippen molar-refractivity contribution in [3.05, 3.63) is 87.5 Å². The van der Waals surface area contributed by atoms with Gasteiger partial charge in [-0.2, -0.15) is 0 Å². The Morgan fingerprint density at radius 1 is 0.964 bits per heavy atom. The molecule has 1 amide bonds. The molecule has 0 radical (unpaired) electrons. The van der Waals surface area contributed by atoms with Crippen LogP contribution in [0.3, 0.4) is 0 Å². The summed E-state index contributed by atoms with van der Waals surface area (Å²) in [6.45, 7) is 1.52. The predicted octanol–water partition coefficient (Wildman–Crippen LogP) is 4.71. The number of thiophene rings is 1. The number of H-pyrrole nitrogens is 1. The molecule has 4 rings (SSSR count). The van der Waals surface area contributed by atoms with E-state index < -0.39 is 5.91 Å². The van der Waals surface area contributed by atoms with Crippen LogP contribution in [0.5, 0.6) is 0 Å². The highest BCUT2D eigenvalue weighted by molar-refractivity contribution is 7.17. The summed E-state index contributed by atoms with van der Waals surface area (Å²) in [5.41, 5.74) is 1.78. The van der Waals surface area contributed by atoms with E-state index in [0.29, 0.717) is 21.5 Å². The fourth-order valence-electron chi connectivity index (χ4n) is 3.00. The van der Waals surface area contributed by atoms with Gasteiger partial charge in [-0.25, -0.2) is 0 Å². The molecule has 0 aliphatic carbocycles. The summed E-state index contributed by atoms with van der Waals surface area (Å²) >= 11 is 1.37. The average molecular weight is 388 g/mol. The van der Waals surface area contributed by atoms with Crippen molar-refractivity contribution in [3.8, 4) is 10.4 Å². The lowest BCUT2D eigenvalue weighted by molar-refractivity contribution is 0.101. The summed E-state index contributed by atoms with van der Waals surface area (Å²) in [4.78, 5) is 41.6. The van der Waals surface area contributed by atoms with Crippen molar-refractivity contribution < 1.29 is 9.59 Å². The molecular weight excluding hydrogens is 372 g/mol. The number of carbonyl (C=O) groups is 2. The van der Waals surface area contributed by atoms with E-state index in [4.69, 9.17) is 0 Å². The van der Waals surface area contributed by atoms with Crippen LogP contribution in [-0.4, -0.2) is 16.7 Å². The van der Waals surface area contributed by atoms with E-state index in [1.807, 2.05) is 30.3 Å². The van der Waals surface area contributed by atoms with Gasteiger partial charge in [-0.05, 0) is 37.3 Å². The van der Waals surface area contributed by atoms with Crippen LogP contribution >= 0.6 is 11.3 Å². The molecule has 2 N–H and O–H groups in total. The van der Waals surface area contributed by atoms with E-state index in [1.54, 1.807) is 30.3 Å². The van der Waals surface area contributed by atoms with E-state index in [-0.39, 0.29) is 16.8 Å². The lowest BCUT2D eigenvalue weighted by atomic mass is 10.1. The number of fused-ring (bicyclic) bond motifs is 1. The molecule has 2 aromatic heterocycles. The van der Waals surface area contributed by atoms with Gasteiger partial charge in [0.1, 0.15) is 5.56 Å². The van der Waals surface area contributed by atoms with Crippen molar-refractivity contribution in [3.63, 3.8) is 0 Å². The molecule has 0 spiro atoms. The van der Waals surface area contributed by atoms with Crippen LogP contribution in [0.1, 0.15) is 27.0 Å². The number of aromatic amines is 1. The van der Waals surface area contributed by atoms with Crippen LogP contribution in [0.15, 0.2) is 71.7 Å². The molecule has 2 heterocycles.